The number of hydrogen-bond acceptors (Lipinski definition) is 5. The van der Waals surface area contributed by atoms with Gasteiger partial charge in [0.05, 0.1) is 6.54 Å². The maximum absolute atomic E-state index is 11.9. The van der Waals surface area contributed by atoms with Crippen molar-refractivity contribution in [2.24, 2.45) is 5.92 Å². The highest BCUT2D eigenvalue weighted by atomic mass is 16.5. The molecule has 2 N–H and O–H groups in total. The average molecular weight is 398 g/mol. The third-order valence-electron chi connectivity index (χ3n) is 6.11. The van der Waals surface area contributed by atoms with E-state index in [-0.39, 0.29) is 6.61 Å². The molecule has 2 fully saturated rings. The first-order chi connectivity index (χ1) is 14.3. The molecule has 1 amide bonds. The summed E-state index contributed by atoms with van der Waals surface area (Å²) in [5.41, 5.74) is 0.962. The van der Waals surface area contributed by atoms with Gasteiger partial charge in [-0.3, -0.25) is 5.10 Å². The lowest BCUT2D eigenvalue weighted by atomic mass is 9.95. The molecule has 4 rings (SSSR count). The Kier molecular flexibility index (Phi) is 6.77. The predicted molar refractivity (Wildman–Crippen MR) is 110 cm³/mol. The van der Waals surface area contributed by atoms with Crippen molar-refractivity contribution in [2.45, 2.75) is 57.6 Å². The number of likely N-dealkylation sites (tertiary alicyclic amines) is 1. The van der Waals surface area contributed by atoms with E-state index in [1.54, 1.807) is 0 Å². The number of aromatic amines is 1. The van der Waals surface area contributed by atoms with E-state index < -0.39 is 6.09 Å². The molecule has 1 aromatic heterocycles. The Morgan fingerprint density at radius 2 is 1.90 bits per heavy atom. The van der Waals surface area contributed by atoms with Gasteiger partial charge in [-0.05, 0) is 50.3 Å². The van der Waals surface area contributed by atoms with E-state index in [0.717, 1.165) is 43.2 Å². The molecule has 0 atom stereocenters. The molecule has 1 saturated carbocycles. The quantitative estimate of drug-likeness (QED) is 0.746. The molecule has 1 saturated heterocycles. The lowest BCUT2D eigenvalue weighted by molar-refractivity contribution is 0.139. The van der Waals surface area contributed by atoms with E-state index in [2.05, 4.69) is 25.4 Å². The van der Waals surface area contributed by atoms with Crippen molar-refractivity contribution >= 4 is 6.09 Å². The molecule has 0 spiro atoms. The van der Waals surface area contributed by atoms with Crippen molar-refractivity contribution in [2.75, 3.05) is 19.6 Å². The number of nitrogens with zero attached hydrogens (tertiary/aromatic N) is 3. The minimum atomic E-state index is -0.452. The van der Waals surface area contributed by atoms with Crippen LogP contribution in [0, 0.1) is 5.92 Å². The molecule has 156 valence electrons. The van der Waals surface area contributed by atoms with Gasteiger partial charge in [0, 0.05) is 12.5 Å². The second-order valence-corrected chi connectivity index (χ2v) is 8.28. The standard InChI is InChI=1S/C22H31N5O2/c28-22(29-16-18-8-2-1-3-9-18)23-14-20-24-21(26-25-20)19-10-12-27(13-11-19)15-17-6-4-5-7-17/h1-3,8-9,17,19H,4-7,10-16H2,(H,23,28)(H,24,25,26). The van der Waals surface area contributed by atoms with Crippen molar-refractivity contribution in [3.8, 4) is 0 Å². The summed E-state index contributed by atoms with van der Waals surface area (Å²) in [6.45, 7) is 4.08. The summed E-state index contributed by atoms with van der Waals surface area (Å²) in [5.74, 6) is 2.87. The van der Waals surface area contributed by atoms with Gasteiger partial charge in [0.1, 0.15) is 12.4 Å². The van der Waals surface area contributed by atoms with Crippen molar-refractivity contribution in [3.63, 3.8) is 0 Å². The Morgan fingerprint density at radius 1 is 1.14 bits per heavy atom. The Labute approximate surface area is 172 Å². The van der Waals surface area contributed by atoms with Gasteiger partial charge in [-0.2, -0.15) is 5.10 Å². The maximum atomic E-state index is 11.9. The van der Waals surface area contributed by atoms with Crippen LogP contribution in [0.15, 0.2) is 30.3 Å². The number of carbonyl (C=O) groups excluding carboxylic acids is 1. The molecule has 2 aliphatic rings. The van der Waals surface area contributed by atoms with Crippen molar-refractivity contribution in [3.05, 3.63) is 47.5 Å². The first kappa shape index (κ1) is 19.9. The summed E-state index contributed by atoms with van der Waals surface area (Å²) in [6.07, 6.45) is 7.40. The van der Waals surface area contributed by atoms with Gasteiger partial charge < -0.3 is 15.0 Å². The van der Waals surface area contributed by atoms with Crippen molar-refractivity contribution in [1.29, 1.82) is 0 Å². The second kappa shape index (κ2) is 9.87. The minimum absolute atomic E-state index is 0.258. The Morgan fingerprint density at radius 3 is 2.66 bits per heavy atom. The fraction of sp³-hybridized carbons (Fsp3) is 0.591. The van der Waals surface area contributed by atoms with Gasteiger partial charge >= 0.3 is 6.09 Å². The molecule has 0 unspecified atom stereocenters. The average Bonchev–Trinajstić information content (AvgIpc) is 3.44. The number of aromatic nitrogens is 3. The number of alkyl carbamates (subject to hydrolysis) is 1. The fourth-order valence-corrected chi connectivity index (χ4v) is 4.43. The number of amides is 1. The predicted octanol–water partition coefficient (Wildman–Crippen LogP) is 3.60. The number of ether oxygens (including phenoxy) is 1. The summed E-state index contributed by atoms with van der Waals surface area (Å²) < 4.78 is 5.22. The lowest BCUT2D eigenvalue weighted by Crippen LogP contribution is -2.36. The molecule has 29 heavy (non-hydrogen) atoms. The minimum Gasteiger partial charge on any atom is -0.445 e. The van der Waals surface area contributed by atoms with Crippen LogP contribution in [0.5, 0.6) is 0 Å². The van der Waals surface area contributed by atoms with Gasteiger partial charge in [0.2, 0.25) is 0 Å². The van der Waals surface area contributed by atoms with Crippen LogP contribution in [0.4, 0.5) is 4.79 Å². The molecule has 7 heteroatoms. The molecule has 1 aromatic carbocycles. The summed E-state index contributed by atoms with van der Waals surface area (Å²) in [7, 11) is 0. The second-order valence-electron chi connectivity index (χ2n) is 8.28. The van der Waals surface area contributed by atoms with Crippen LogP contribution in [0.25, 0.3) is 0 Å². The number of hydrogen-bond donors (Lipinski definition) is 2. The molecule has 1 aliphatic carbocycles. The van der Waals surface area contributed by atoms with E-state index >= 15 is 0 Å². The zero-order chi connectivity index (χ0) is 19.9. The third-order valence-corrected chi connectivity index (χ3v) is 6.11. The highest BCUT2D eigenvalue weighted by Crippen LogP contribution is 2.29. The van der Waals surface area contributed by atoms with Crippen LogP contribution in [-0.2, 0) is 17.9 Å². The Bertz CT molecular complexity index is 765. The van der Waals surface area contributed by atoms with Gasteiger partial charge in [-0.25, -0.2) is 9.78 Å². The lowest BCUT2D eigenvalue weighted by Gasteiger charge is -2.32. The van der Waals surface area contributed by atoms with Crippen molar-refractivity contribution in [1.82, 2.24) is 25.4 Å². The summed E-state index contributed by atoms with van der Waals surface area (Å²) in [4.78, 5) is 19.1. The number of H-pyrrole nitrogens is 1. The maximum Gasteiger partial charge on any atom is 0.407 e. The van der Waals surface area contributed by atoms with Gasteiger partial charge in [-0.15, -0.1) is 0 Å². The molecular weight excluding hydrogens is 366 g/mol. The van der Waals surface area contributed by atoms with Crippen LogP contribution in [0.1, 0.15) is 61.7 Å². The first-order valence-corrected chi connectivity index (χ1v) is 10.8. The monoisotopic (exact) mass is 397 g/mol. The zero-order valence-corrected chi connectivity index (χ0v) is 17.0. The van der Waals surface area contributed by atoms with E-state index in [0.29, 0.717) is 18.3 Å². The molecule has 2 aromatic rings. The first-order valence-electron chi connectivity index (χ1n) is 10.8. The van der Waals surface area contributed by atoms with Crippen molar-refractivity contribution < 1.29 is 9.53 Å². The molecule has 0 radical (unpaired) electrons. The zero-order valence-electron chi connectivity index (χ0n) is 17.0. The number of nitrogens with one attached hydrogen (secondary N) is 2. The van der Waals surface area contributed by atoms with Crippen LogP contribution in [0.2, 0.25) is 0 Å². The van der Waals surface area contributed by atoms with Gasteiger partial charge in [0.25, 0.3) is 0 Å². The van der Waals surface area contributed by atoms with E-state index in [1.807, 2.05) is 30.3 Å². The van der Waals surface area contributed by atoms with Gasteiger partial charge in [-0.1, -0.05) is 43.2 Å². The topological polar surface area (TPSA) is 83.1 Å². The fourth-order valence-electron chi connectivity index (χ4n) is 4.43. The third kappa shape index (κ3) is 5.79. The normalized spacial score (nSPS) is 18.8. The summed E-state index contributed by atoms with van der Waals surface area (Å²) >= 11 is 0. The van der Waals surface area contributed by atoms with E-state index in [1.165, 1.54) is 32.2 Å². The Hall–Kier alpha value is -2.41. The number of rotatable bonds is 7. The van der Waals surface area contributed by atoms with Crippen LogP contribution >= 0.6 is 0 Å². The Balaban J connectivity index is 1.17. The highest BCUT2D eigenvalue weighted by molar-refractivity contribution is 5.67. The molecular formula is C22H31N5O2. The molecule has 7 nitrogen and oxygen atoms in total. The smallest absolute Gasteiger partial charge is 0.407 e. The number of carbonyl (C=O) groups is 1. The highest BCUT2D eigenvalue weighted by Gasteiger charge is 2.26. The number of piperidine rings is 1. The molecule has 2 heterocycles. The van der Waals surface area contributed by atoms with Crippen LogP contribution in [0.3, 0.4) is 0 Å². The SMILES string of the molecule is O=C(NCc1nc(C2CCN(CC3CCCC3)CC2)n[nH]1)OCc1ccccc1. The largest absolute Gasteiger partial charge is 0.445 e. The summed E-state index contributed by atoms with van der Waals surface area (Å²) in [6, 6.07) is 9.63. The summed E-state index contributed by atoms with van der Waals surface area (Å²) in [5, 5.41) is 10.1. The molecule has 0 bridgehead atoms. The molecule has 1 aliphatic heterocycles. The van der Waals surface area contributed by atoms with Crippen LogP contribution < -0.4 is 5.32 Å². The van der Waals surface area contributed by atoms with E-state index in [9.17, 15) is 4.79 Å². The van der Waals surface area contributed by atoms with E-state index in [4.69, 9.17) is 4.74 Å². The van der Waals surface area contributed by atoms with Gasteiger partial charge in [0.15, 0.2) is 5.82 Å². The van der Waals surface area contributed by atoms with Crippen LogP contribution in [-0.4, -0.2) is 45.8 Å². The number of benzene rings is 1.